The molecule has 0 spiro atoms. The molecule has 1 aliphatic carbocycles. The lowest BCUT2D eigenvalue weighted by Crippen LogP contribution is -2.49. The van der Waals surface area contributed by atoms with Crippen LogP contribution in [0.15, 0.2) is 54.6 Å². The van der Waals surface area contributed by atoms with Gasteiger partial charge in [-0.3, -0.25) is 9.59 Å². The second-order valence-electron chi connectivity index (χ2n) is 8.99. The van der Waals surface area contributed by atoms with Gasteiger partial charge in [0.1, 0.15) is 11.8 Å². The Morgan fingerprint density at radius 2 is 1.52 bits per heavy atom. The first-order valence-corrected chi connectivity index (χ1v) is 11.4. The number of benzene rings is 2. The van der Waals surface area contributed by atoms with Crippen molar-refractivity contribution in [3.8, 4) is 5.75 Å². The number of carboxylic acids is 2. The smallest absolute Gasteiger partial charge is 0.326 e. The van der Waals surface area contributed by atoms with E-state index in [9.17, 15) is 29.7 Å². The highest BCUT2D eigenvalue weighted by atomic mass is 16.4. The Hall–Kier alpha value is -3.35. The van der Waals surface area contributed by atoms with Gasteiger partial charge in [-0.25, -0.2) is 4.79 Å². The van der Waals surface area contributed by atoms with E-state index < -0.39 is 29.3 Å². The average molecular weight is 454 g/mol. The summed E-state index contributed by atoms with van der Waals surface area (Å²) in [6.45, 7) is 0. The Morgan fingerprint density at radius 3 is 2.09 bits per heavy atom. The van der Waals surface area contributed by atoms with Crippen molar-refractivity contribution < 1.29 is 29.7 Å². The highest BCUT2D eigenvalue weighted by Gasteiger charge is 2.45. The molecule has 1 aliphatic rings. The number of aliphatic carboxylic acids is 2. The van der Waals surface area contributed by atoms with E-state index >= 15 is 0 Å². The van der Waals surface area contributed by atoms with E-state index in [0.29, 0.717) is 31.2 Å². The molecule has 1 saturated carbocycles. The van der Waals surface area contributed by atoms with Crippen molar-refractivity contribution >= 4 is 17.8 Å². The lowest BCUT2D eigenvalue weighted by atomic mass is 9.75. The highest BCUT2D eigenvalue weighted by Crippen LogP contribution is 2.44. The van der Waals surface area contributed by atoms with Crippen LogP contribution < -0.4 is 5.32 Å². The summed E-state index contributed by atoms with van der Waals surface area (Å²) in [5.41, 5.74) is 0.850. The molecule has 2 aromatic rings. The number of hydrogen-bond acceptors (Lipinski definition) is 4. The molecule has 0 aromatic heterocycles. The van der Waals surface area contributed by atoms with E-state index in [1.165, 1.54) is 12.1 Å². The molecule has 0 saturated heterocycles. The Kier molecular flexibility index (Phi) is 8.09. The van der Waals surface area contributed by atoms with Gasteiger partial charge in [-0.15, -0.1) is 0 Å². The molecule has 1 amide bonds. The molecule has 2 atom stereocenters. The molecule has 2 unspecified atom stereocenters. The van der Waals surface area contributed by atoms with E-state index in [0.717, 1.165) is 18.4 Å². The maximum atomic E-state index is 13.4. The van der Waals surface area contributed by atoms with E-state index in [1.54, 1.807) is 12.1 Å². The van der Waals surface area contributed by atoms with Crippen molar-refractivity contribution in [3.63, 3.8) is 0 Å². The first kappa shape index (κ1) is 24.3. The fourth-order valence-electron chi connectivity index (χ4n) is 4.72. The number of phenolic OH excluding ortho intramolecular Hbond substituents is 1. The largest absolute Gasteiger partial charge is 0.508 e. The molecule has 176 valence electrons. The maximum absolute atomic E-state index is 13.4. The molecule has 2 aromatic carbocycles. The van der Waals surface area contributed by atoms with Crippen LogP contribution in [-0.4, -0.2) is 39.2 Å². The highest BCUT2D eigenvalue weighted by molar-refractivity contribution is 5.88. The van der Waals surface area contributed by atoms with Crippen LogP contribution in [0, 0.1) is 11.3 Å². The number of amides is 1. The van der Waals surface area contributed by atoms with E-state index in [4.69, 9.17) is 0 Å². The molecule has 4 N–H and O–H groups in total. The van der Waals surface area contributed by atoms with Gasteiger partial charge in [0.25, 0.3) is 0 Å². The van der Waals surface area contributed by atoms with Crippen LogP contribution in [0.5, 0.6) is 5.75 Å². The van der Waals surface area contributed by atoms with Crippen LogP contribution >= 0.6 is 0 Å². The van der Waals surface area contributed by atoms with Crippen molar-refractivity contribution in [2.24, 2.45) is 11.3 Å². The van der Waals surface area contributed by atoms with E-state index in [1.807, 2.05) is 30.3 Å². The molecule has 0 radical (unpaired) electrons. The normalized spacial score (nSPS) is 16.6. The number of carbonyl (C=O) groups is 3. The van der Waals surface area contributed by atoms with Gasteiger partial charge in [-0.2, -0.15) is 0 Å². The SMILES string of the molecule is O=C(O)C(CCc1ccccc1)CC1(C(=O)NC(Cc2ccc(O)cc2)C(=O)O)CCCC1. The third kappa shape index (κ3) is 6.57. The zero-order valence-corrected chi connectivity index (χ0v) is 18.6. The van der Waals surface area contributed by atoms with Gasteiger partial charge in [0.15, 0.2) is 0 Å². The summed E-state index contributed by atoms with van der Waals surface area (Å²) >= 11 is 0. The van der Waals surface area contributed by atoms with Crippen molar-refractivity contribution in [1.82, 2.24) is 5.32 Å². The van der Waals surface area contributed by atoms with Crippen LogP contribution in [0.3, 0.4) is 0 Å². The zero-order chi connectivity index (χ0) is 23.8. The molecule has 0 heterocycles. The molecule has 33 heavy (non-hydrogen) atoms. The summed E-state index contributed by atoms with van der Waals surface area (Å²) in [4.78, 5) is 37.2. The summed E-state index contributed by atoms with van der Waals surface area (Å²) in [5, 5.41) is 31.7. The standard InChI is InChI=1S/C26H31NO6/c28-21-12-9-19(10-13-21)16-22(24(31)32)27-25(33)26(14-4-5-15-26)17-20(23(29)30)11-8-18-6-2-1-3-7-18/h1-3,6-7,9-10,12-13,20,22,28H,4-5,8,11,14-17H2,(H,27,33)(H,29,30)(H,31,32). The summed E-state index contributed by atoms with van der Waals surface area (Å²) < 4.78 is 0. The topological polar surface area (TPSA) is 124 Å². The predicted octanol–water partition coefficient (Wildman–Crippen LogP) is 3.79. The lowest BCUT2D eigenvalue weighted by Gasteiger charge is -2.32. The number of carbonyl (C=O) groups excluding carboxylic acids is 1. The van der Waals surface area contributed by atoms with Crippen LogP contribution in [0.2, 0.25) is 0 Å². The Balaban J connectivity index is 1.71. The number of rotatable bonds is 11. The quantitative estimate of drug-likeness (QED) is 0.410. The minimum atomic E-state index is -1.15. The van der Waals surface area contributed by atoms with Crippen LogP contribution in [0.1, 0.15) is 49.7 Å². The van der Waals surface area contributed by atoms with Gasteiger partial charge in [-0.05, 0) is 55.4 Å². The fraction of sp³-hybridized carbons (Fsp3) is 0.423. The molecular formula is C26H31NO6. The Morgan fingerprint density at radius 1 is 0.879 bits per heavy atom. The monoisotopic (exact) mass is 453 g/mol. The van der Waals surface area contributed by atoms with Crippen molar-refractivity contribution in [1.29, 1.82) is 0 Å². The summed E-state index contributed by atoms with van der Waals surface area (Å²) in [7, 11) is 0. The molecule has 7 nitrogen and oxygen atoms in total. The van der Waals surface area contributed by atoms with Crippen molar-refractivity contribution in [2.75, 3.05) is 0 Å². The van der Waals surface area contributed by atoms with E-state index in [2.05, 4.69) is 5.32 Å². The first-order chi connectivity index (χ1) is 15.8. The predicted molar refractivity (Wildman–Crippen MR) is 123 cm³/mol. The van der Waals surface area contributed by atoms with Gasteiger partial charge >= 0.3 is 11.9 Å². The van der Waals surface area contributed by atoms with Crippen molar-refractivity contribution in [2.45, 2.75) is 57.4 Å². The molecule has 0 aliphatic heterocycles. The second-order valence-corrected chi connectivity index (χ2v) is 8.99. The van der Waals surface area contributed by atoms with Gasteiger partial charge in [0.2, 0.25) is 5.91 Å². The van der Waals surface area contributed by atoms with Gasteiger partial charge < -0.3 is 20.6 Å². The van der Waals surface area contributed by atoms with Crippen LogP contribution in [0.4, 0.5) is 0 Å². The number of aromatic hydroxyl groups is 1. The molecule has 0 bridgehead atoms. The van der Waals surface area contributed by atoms with Gasteiger partial charge in [0, 0.05) is 6.42 Å². The first-order valence-electron chi connectivity index (χ1n) is 11.4. The maximum Gasteiger partial charge on any atom is 0.326 e. The van der Waals surface area contributed by atoms with Gasteiger partial charge in [0.05, 0.1) is 11.3 Å². The summed E-state index contributed by atoms with van der Waals surface area (Å²) in [6, 6.07) is 14.7. The minimum absolute atomic E-state index is 0.0772. The number of carboxylic acid groups (broad SMARTS) is 2. The third-order valence-corrected chi connectivity index (χ3v) is 6.63. The molecule has 1 fully saturated rings. The van der Waals surface area contributed by atoms with Crippen molar-refractivity contribution in [3.05, 3.63) is 65.7 Å². The van der Waals surface area contributed by atoms with Gasteiger partial charge in [-0.1, -0.05) is 55.3 Å². The fourth-order valence-corrected chi connectivity index (χ4v) is 4.72. The van der Waals surface area contributed by atoms with Crippen LogP contribution in [0.25, 0.3) is 0 Å². The van der Waals surface area contributed by atoms with E-state index in [-0.39, 0.29) is 24.5 Å². The number of hydrogen-bond donors (Lipinski definition) is 4. The number of nitrogens with one attached hydrogen (secondary N) is 1. The number of phenols is 1. The molecular weight excluding hydrogens is 422 g/mol. The Bertz CT molecular complexity index is 951. The minimum Gasteiger partial charge on any atom is -0.508 e. The van der Waals surface area contributed by atoms with Crippen LogP contribution in [-0.2, 0) is 27.2 Å². The average Bonchev–Trinajstić information content (AvgIpc) is 3.28. The zero-order valence-electron chi connectivity index (χ0n) is 18.6. The summed E-state index contributed by atoms with van der Waals surface area (Å²) in [6.07, 6.45) is 4.04. The molecule has 3 rings (SSSR count). The summed E-state index contributed by atoms with van der Waals surface area (Å²) in [5.74, 6) is -3.06. The third-order valence-electron chi connectivity index (χ3n) is 6.63. The lowest BCUT2D eigenvalue weighted by molar-refractivity contribution is -0.147. The Labute approximate surface area is 193 Å². The second kappa shape index (κ2) is 11.0. The molecule has 7 heteroatoms. The number of aryl methyl sites for hydroxylation is 1.